The monoisotopic (exact) mass is 224 g/mol. The van der Waals surface area contributed by atoms with Gasteiger partial charge in [0.25, 0.3) is 0 Å². The van der Waals surface area contributed by atoms with Crippen molar-refractivity contribution in [2.24, 2.45) is 5.73 Å². The molecule has 0 aromatic carbocycles. The van der Waals surface area contributed by atoms with Crippen LogP contribution in [0.4, 0.5) is 0 Å². The van der Waals surface area contributed by atoms with Gasteiger partial charge in [0.15, 0.2) is 0 Å². The molecule has 0 bridgehead atoms. The van der Waals surface area contributed by atoms with E-state index < -0.39 is 0 Å². The number of hydrogen-bond acceptors (Lipinski definition) is 4. The molecule has 2 rings (SSSR count). The predicted octanol–water partition coefficient (Wildman–Crippen LogP) is 1.22. The lowest BCUT2D eigenvalue weighted by molar-refractivity contribution is -0.134. The molecule has 1 aromatic heterocycles. The molecule has 1 saturated heterocycles. The Bertz CT molecular complexity index is 322. The van der Waals surface area contributed by atoms with E-state index in [-0.39, 0.29) is 11.7 Å². The first-order valence-electron chi connectivity index (χ1n) is 5.72. The Morgan fingerprint density at radius 3 is 3.00 bits per heavy atom. The van der Waals surface area contributed by atoms with Crippen LogP contribution in [0.1, 0.15) is 19.6 Å². The molecular weight excluding hydrogens is 204 g/mol. The van der Waals surface area contributed by atoms with Crippen LogP contribution in [0, 0.1) is 0 Å². The van der Waals surface area contributed by atoms with Gasteiger partial charge in [0.1, 0.15) is 5.76 Å². The summed E-state index contributed by atoms with van der Waals surface area (Å²) in [6.07, 6.45) is 1.83. The van der Waals surface area contributed by atoms with E-state index in [1.165, 1.54) is 0 Å². The average Bonchev–Trinajstić information content (AvgIpc) is 2.67. The molecule has 0 amide bonds. The molecule has 2 heterocycles. The summed E-state index contributed by atoms with van der Waals surface area (Å²) in [4.78, 5) is 2.33. The summed E-state index contributed by atoms with van der Waals surface area (Å²) in [5, 5.41) is 0. The summed E-state index contributed by atoms with van der Waals surface area (Å²) >= 11 is 0. The zero-order valence-electron chi connectivity index (χ0n) is 9.98. The molecular formula is C12H20N2O2. The number of furan rings is 1. The molecule has 0 spiro atoms. The summed E-state index contributed by atoms with van der Waals surface area (Å²) in [7, 11) is 0. The molecule has 1 unspecified atom stereocenters. The number of hydrogen-bond donors (Lipinski definition) is 1. The van der Waals surface area contributed by atoms with Gasteiger partial charge in [-0.15, -0.1) is 0 Å². The largest absolute Gasteiger partial charge is 0.468 e. The van der Waals surface area contributed by atoms with Crippen molar-refractivity contribution in [3.05, 3.63) is 24.2 Å². The first-order valence-corrected chi connectivity index (χ1v) is 5.72. The van der Waals surface area contributed by atoms with Gasteiger partial charge in [-0.05, 0) is 26.0 Å². The van der Waals surface area contributed by atoms with Crippen LogP contribution in [-0.2, 0) is 11.3 Å². The molecule has 0 saturated carbocycles. The maximum absolute atomic E-state index is 5.88. The molecule has 1 aromatic rings. The maximum Gasteiger partial charge on any atom is 0.117 e. The van der Waals surface area contributed by atoms with E-state index in [1.54, 1.807) is 6.26 Å². The van der Waals surface area contributed by atoms with E-state index >= 15 is 0 Å². The number of ether oxygens (including phenoxy) is 1. The molecule has 4 nitrogen and oxygen atoms in total. The molecule has 0 radical (unpaired) electrons. The highest BCUT2D eigenvalue weighted by atomic mass is 16.5. The Morgan fingerprint density at radius 1 is 1.56 bits per heavy atom. The van der Waals surface area contributed by atoms with Crippen LogP contribution in [0.15, 0.2) is 22.8 Å². The molecule has 90 valence electrons. The van der Waals surface area contributed by atoms with Crippen LogP contribution < -0.4 is 5.73 Å². The fraction of sp³-hybridized carbons (Fsp3) is 0.667. The minimum atomic E-state index is -0.130. The van der Waals surface area contributed by atoms with Gasteiger partial charge >= 0.3 is 0 Å². The maximum atomic E-state index is 5.88. The zero-order valence-corrected chi connectivity index (χ0v) is 9.98. The third-order valence-electron chi connectivity index (χ3n) is 2.77. The quantitative estimate of drug-likeness (QED) is 0.838. The fourth-order valence-corrected chi connectivity index (χ4v) is 2.28. The molecule has 1 aliphatic rings. The van der Waals surface area contributed by atoms with Gasteiger partial charge < -0.3 is 14.9 Å². The van der Waals surface area contributed by atoms with Crippen molar-refractivity contribution in [2.45, 2.75) is 32.1 Å². The molecule has 16 heavy (non-hydrogen) atoms. The molecule has 0 aliphatic carbocycles. The molecule has 1 atom stereocenters. The summed E-state index contributed by atoms with van der Waals surface area (Å²) in [5.41, 5.74) is 5.55. The van der Waals surface area contributed by atoms with Gasteiger partial charge in [-0.1, -0.05) is 0 Å². The summed E-state index contributed by atoms with van der Waals surface area (Å²) in [6, 6.07) is 3.92. The first-order chi connectivity index (χ1) is 7.59. The fourth-order valence-electron chi connectivity index (χ4n) is 2.28. The van der Waals surface area contributed by atoms with E-state index in [1.807, 2.05) is 12.1 Å². The normalized spacial score (nSPS) is 25.8. The highest BCUT2D eigenvalue weighted by Gasteiger charge is 2.32. The number of rotatable bonds is 3. The van der Waals surface area contributed by atoms with E-state index in [4.69, 9.17) is 14.9 Å². The van der Waals surface area contributed by atoms with Crippen molar-refractivity contribution < 1.29 is 9.15 Å². The zero-order chi connectivity index (χ0) is 11.6. The standard InChI is InChI=1S/C12H20N2O2/c1-12(2)9-14(8-11(6-13)16-12)7-10-4-3-5-15-10/h3-5,11H,6-9,13H2,1-2H3. The van der Waals surface area contributed by atoms with Gasteiger partial charge in [-0.3, -0.25) is 4.90 Å². The van der Waals surface area contributed by atoms with Crippen LogP contribution >= 0.6 is 0 Å². The summed E-state index contributed by atoms with van der Waals surface area (Å²) in [5.74, 6) is 0.994. The molecule has 4 heteroatoms. The number of nitrogens with zero attached hydrogens (tertiary/aromatic N) is 1. The van der Waals surface area contributed by atoms with Crippen LogP contribution in [0.2, 0.25) is 0 Å². The van der Waals surface area contributed by atoms with Crippen molar-refractivity contribution in [3.63, 3.8) is 0 Å². The first kappa shape index (κ1) is 11.6. The van der Waals surface area contributed by atoms with Crippen LogP contribution in [0.5, 0.6) is 0 Å². The van der Waals surface area contributed by atoms with Crippen molar-refractivity contribution >= 4 is 0 Å². The van der Waals surface area contributed by atoms with Gasteiger partial charge in [0, 0.05) is 19.6 Å². The molecule has 1 aliphatic heterocycles. The Labute approximate surface area is 96.4 Å². The topological polar surface area (TPSA) is 51.6 Å². The van der Waals surface area contributed by atoms with Crippen LogP contribution in [0.25, 0.3) is 0 Å². The second kappa shape index (κ2) is 4.57. The van der Waals surface area contributed by atoms with Crippen molar-refractivity contribution in [1.82, 2.24) is 4.90 Å². The van der Waals surface area contributed by atoms with E-state index in [2.05, 4.69) is 18.7 Å². The Kier molecular flexibility index (Phi) is 3.33. The second-order valence-electron chi connectivity index (χ2n) is 4.98. The van der Waals surface area contributed by atoms with Crippen LogP contribution in [0.3, 0.4) is 0 Å². The summed E-state index contributed by atoms with van der Waals surface area (Å²) < 4.78 is 11.2. The van der Waals surface area contributed by atoms with Crippen molar-refractivity contribution in [1.29, 1.82) is 0 Å². The Morgan fingerprint density at radius 2 is 2.38 bits per heavy atom. The van der Waals surface area contributed by atoms with Gasteiger partial charge in [0.2, 0.25) is 0 Å². The second-order valence-corrected chi connectivity index (χ2v) is 4.98. The molecule has 2 N–H and O–H groups in total. The third-order valence-corrected chi connectivity index (χ3v) is 2.77. The average molecular weight is 224 g/mol. The predicted molar refractivity (Wildman–Crippen MR) is 62.0 cm³/mol. The van der Waals surface area contributed by atoms with E-state index in [0.29, 0.717) is 6.54 Å². The van der Waals surface area contributed by atoms with E-state index in [0.717, 1.165) is 25.4 Å². The lowest BCUT2D eigenvalue weighted by atomic mass is 10.1. The highest BCUT2D eigenvalue weighted by Crippen LogP contribution is 2.22. The Hall–Kier alpha value is -0.840. The molecule has 1 fully saturated rings. The Balaban J connectivity index is 1.99. The number of morpholine rings is 1. The van der Waals surface area contributed by atoms with Crippen molar-refractivity contribution in [3.8, 4) is 0 Å². The minimum absolute atomic E-state index is 0.124. The van der Waals surface area contributed by atoms with Crippen LogP contribution in [-0.4, -0.2) is 36.2 Å². The lowest BCUT2D eigenvalue weighted by Crippen LogP contribution is -2.54. The van der Waals surface area contributed by atoms with Gasteiger partial charge in [0.05, 0.1) is 24.5 Å². The van der Waals surface area contributed by atoms with Gasteiger partial charge in [-0.2, -0.15) is 0 Å². The smallest absolute Gasteiger partial charge is 0.117 e. The summed E-state index contributed by atoms with van der Waals surface area (Å²) in [6.45, 7) is 7.38. The van der Waals surface area contributed by atoms with Gasteiger partial charge in [-0.25, -0.2) is 0 Å². The van der Waals surface area contributed by atoms with Crippen molar-refractivity contribution in [2.75, 3.05) is 19.6 Å². The lowest BCUT2D eigenvalue weighted by Gasteiger charge is -2.42. The highest BCUT2D eigenvalue weighted by molar-refractivity contribution is 4.99. The van der Waals surface area contributed by atoms with E-state index in [9.17, 15) is 0 Å². The minimum Gasteiger partial charge on any atom is -0.468 e. The third kappa shape index (κ3) is 2.84. The SMILES string of the molecule is CC1(C)CN(Cc2ccco2)CC(CN)O1. The number of nitrogens with two attached hydrogens (primary N) is 1.